The van der Waals surface area contributed by atoms with Crippen LogP contribution in [0.2, 0.25) is 0 Å². The number of hydrogen-bond donors (Lipinski definition) is 6. The van der Waals surface area contributed by atoms with Crippen LogP contribution in [0.3, 0.4) is 0 Å². The van der Waals surface area contributed by atoms with E-state index in [-0.39, 0.29) is 5.92 Å². The summed E-state index contributed by atoms with van der Waals surface area (Å²) < 4.78 is 0. The second-order valence-electron chi connectivity index (χ2n) is 8.58. The minimum Gasteiger partial charge on any atom is -0.175 e. The van der Waals surface area contributed by atoms with Crippen LogP contribution >= 0.6 is 75.8 Å². The van der Waals surface area contributed by atoms with E-state index in [4.69, 9.17) is 63.1 Å². The van der Waals surface area contributed by atoms with Crippen molar-refractivity contribution in [2.75, 3.05) is 0 Å². The van der Waals surface area contributed by atoms with Gasteiger partial charge >= 0.3 is 0 Å². The largest absolute Gasteiger partial charge is 0.175 e. The molecule has 0 aromatic heterocycles. The van der Waals surface area contributed by atoms with Gasteiger partial charge in [0.15, 0.2) is 0 Å². The van der Waals surface area contributed by atoms with Gasteiger partial charge < -0.3 is 0 Å². The van der Waals surface area contributed by atoms with Crippen LogP contribution in [0, 0.1) is 11.0 Å². The fourth-order valence-corrected chi connectivity index (χ4v) is 7.16. The van der Waals surface area contributed by atoms with E-state index in [0.29, 0.717) is 0 Å². The molecule has 0 nitrogen and oxygen atoms in total. The summed E-state index contributed by atoms with van der Waals surface area (Å²) in [5, 5.41) is 0.886. The molecule has 0 spiro atoms. The molecule has 2 radical (unpaired) electrons. The fraction of sp³-hybridized carbons (Fsp3) is 0.133. The average Bonchev–Trinajstić information content (AvgIpc) is 2.88. The van der Waals surface area contributed by atoms with Gasteiger partial charge in [-0.15, -0.1) is 50.5 Å². The summed E-state index contributed by atoms with van der Waals surface area (Å²) in [4.78, 5) is 3.56. The topological polar surface area (TPSA) is 0 Å². The molecule has 0 aliphatic carbocycles. The highest BCUT2D eigenvalue weighted by Crippen LogP contribution is 2.59. The van der Waals surface area contributed by atoms with Gasteiger partial charge in [0, 0.05) is 36.7 Å². The predicted molar refractivity (Wildman–Crippen MR) is 172 cm³/mol. The minimum atomic E-state index is -0.742. The maximum Gasteiger partial charge on any atom is 0.0729 e. The molecule has 0 fully saturated rings. The standard InChI is InChI=1S/C30H28S6/c31-19-9-14-22(20-10-1-5-15-25(20)32)30(23-12-3-7-17-27(23)34,24-13-4-8-18-28(24)35)29(36)21-11-2-6-16-26(21)33/h1-8,10-13,15-19,22,31-36H,9,14H2. The Kier molecular flexibility index (Phi) is 9.87. The quantitative estimate of drug-likeness (QED) is 0.104. The molecule has 0 aliphatic rings. The number of thiol groups is 6. The van der Waals surface area contributed by atoms with Gasteiger partial charge in [-0.3, -0.25) is 0 Å². The van der Waals surface area contributed by atoms with Crippen LogP contribution in [0.1, 0.15) is 41.0 Å². The molecule has 4 aromatic rings. The Morgan fingerprint density at radius 2 is 1.11 bits per heavy atom. The van der Waals surface area contributed by atoms with Crippen LogP contribution < -0.4 is 0 Å². The molecule has 4 rings (SSSR count). The Morgan fingerprint density at radius 3 is 1.61 bits per heavy atom. The lowest BCUT2D eigenvalue weighted by molar-refractivity contribution is 0.419. The summed E-state index contributed by atoms with van der Waals surface area (Å²) in [6, 6.07) is 32.9. The lowest BCUT2D eigenvalue weighted by atomic mass is 9.59. The van der Waals surface area contributed by atoms with Gasteiger partial charge in [-0.25, -0.2) is 0 Å². The summed E-state index contributed by atoms with van der Waals surface area (Å²) in [6.45, 7) is 0. The van der Waals surface area contributed by atoms with Crippen molar-refractivity contribution < 1.29 is 0 Å². The number of rotatable bonds is 9. The number of hydrogen-bond acceptors (Lipinski definition) is 6. The summed E-state index contributed by atoms with van der Waals surface area (Å²) in [5.41, 5.74) is 3.46. The molecule has 0 aliphatic heterocycles. The van der Waals surface area contributed by atoms with E-state index in [2.05, 4.69) is 55.1 Å². The number of benzene rings is 4. The highest BCUT2D eigenvalue weighted by Gasteiger charge is 2.51. The normalized spacial score (nSPS) is 12.6. The smallest absolute Gasteiger partial charge is 0.0729 e. The minimum absolute atomic E-state index is 0.0587. The van der Waals surface area contributed by atoms with Crippen molar-refractivity contribution in [1.82, 2.24) is 0 Å². The first kappa shape index (κ1) is 28.0. The fourth-order valence-electron chi connectivity index (χ4n) is 5.07. The lowest BCUT2D eigenvalue weighted by Crippen LogP contribution is -2.41. The van der Waals surface area contributed by atoms with Gasteiger partial charge in [-0.2, -0.15) is 25.3 Å². The van der Waals surface area contributed by atoms with Crippen molar-refractivity contribution >= 4 is 75.8 Å². The van der Waals surface area contributed by atoms with Crippen molar-refractivity contribution in [3.8, 4) is 0 Å². The molecule has 1 atom stereocenters. The zero-order chi connectivity index (χ0) is 25.7. The van der Waals surface area contributed by atoms with E-state index in [1.54, 1.807) is 0 Å². The first-order valence-electron chi connectivity index (χ1n) is 11.6. The molecule has 184 valence electrons. The Hall–Kier alpha value is -1.02. The third kappa shape index (κ3) is 5.41. The highest BCUT2D eigenvalue weighted by atomic mass is 32.1. The monoisotopic (exact) mass is 580 g/mol. The molecule has 0 amide bonds. The van der Waals surface area contributed by atoms with Gasteiger partial charge in [-0.1, -0.05) is 72.8 Å². The predicted octanol–water partition coefficient (Wildman–Crippen LogP) is 9.29. The van der Waals surface area contributed by atoms with Crippen LogP contribution in [-0.4, -0.2) is 0 Å². The zero-order valence-corrected chi connectivity index (χ0v) is 24.9. The molecule has 6 heteroatoms. The van der Waals surface area contributed by atoms with Crippen LogP contribution in [0.4, 0.5) is 0 Å². The maximum atomic E-state index is 5.38. The van der Waals surface area contributed by atoms with E-state index in [0.717, 1.165) is 59.9 Å². The second-order valence-corrected chi connectivity index (χ2v) is 11.3. The maximum absolute atomic E-state index is 5.38. The second kappa shape index (κ2) is 12.7. The van der Waals surface area contributed by atoms with Crippen LogP contribution in [0.25, 0.3) is 0 Å². The van der Waals surface area contributed by atoms with E-state index in [1.807, 2.05) is 60.4 Å². The highest BCUT2D eigenvalue weighted by molar-refractivity contribution is 7.84. The van der Waals surface area contributed by atoms with Crippen LogP contribution in [0.5, 0.6) is 0 Å². The molecule has 4 aromatic carbocycles. The van der Waals surface area contributed by atoms with Crippen LogP contribution in [-0.2, 0) is 5.41 Å². The van der Waals surface area contributed by atoms with Gasteiger partial charge in [0.2, 0.25) is 0 Å². The SMILES string of the molecule is S[CH]CCC(c1ccccc1S)C([C](S)c1ccccc1S)(c1ccccc1S)c1ccccc1S. The first-order valence-corrected chi connectivity index (χ1v) is 14.3. The molecule has 0 saturated heterocycles. The van der Waals surface area contributed by atoms with E-state index < -0.39 is 5.41 Å². The van der Waals surface area contributed by atoms with Crippen molar-refractivity contribution in [3.05, 3.63) is 130 Å². The van der Waals surface area contributed by atoms with Crippen molar-refractivity contribution in [3.63, 3.8) is 0 Å². The molecule has 1 unspecified atom stereocenters. The summed E-state index contributed by atoms with van der Waals surface area (Å²) >= 11 is 29.6. The zero-order valence-electron chi connectivity index (χ0n) is 19.5. The summed E-state index contributed by atoms with van der Waals surface area (Å²) in [6.07, 6.45) is 1.61. The van der Waals surface area contributed by atoms with Gasteiger partial charge in [-0.05, 0) is 59.4 Å². The van der Waals surface area contributed by atoms with Crippen LogP contribution in [0.15, 0.2) is 117 Å². The Balaban J connectivity index is 2.19. The Morgan fingerprint density at radius 1 is 0.639 bits per heavy atom. The molecule has 0 saturated carbocycles. The molecular weight excluding hydrogens is 553 g/mol. The molecule has 36 heavy (non-hydrogen) atoms. The Bertz CT molecular complexity index is 1270. The van der Waals surface area contributed by atoms with Gasteiger partial charge in [0.1, 0.15) is 0 Å². The van der Waals surface area contributed by atoms with Crippen molar-refractivity contribution in [2.45, 2.75) is 43.8 Å². The molecule has 0 bridgehead atoms. The molecule has 0 heterocycles. The molecule has 0 N–H and O–H groups in total. The third-order valence-corrected chi connectivity index (χ3v) is 9.04. The average molecular weight is 581 g/mol. The summed E-state index contributed by atoms with van der Waals surface area (Å²) in [5.74, 6) is 1.86. The molecular formula is C30H28S6. The van der Waals surface area contributed by atoms with Crippen molar-refractivity contribution in [2.24, 2.45) is 0 Å². The van der Waals surface area contributed by atoms with E-state index >= 15 is 0 Å². The van der Waals surface area contributed by atoms with Gasteiger partial charge in [0.05, 0.1) is 5.25 Å². The first-order chi connectivity index (χ1) is 17.4. The lowest BCUT2D eigenvalue weighted by Gasteiger charge is -2.47. The van der Waals surface area contributed by atoms with Crippen molar-refractivity contribution in [1.29, 1.82) is 0 Å². The van der Waals surface area contributed by atoms with E-state index in [9.17, 15) is 0 Å². The third-order valence-electron chi connectivity index (χ3n) is 6.61. The Labute approximate surface area is 248 Å². The summed E-state index contributed by atoms with van der Waals surface area (Å²) in [7, 11) is 0. The van der Waals surface area contributed by atoms with Gasteiger partial charge in [0.25, 0.3) is 0 Å². The van der Waals surface area contributed by atoms with E-state index in [1.165, 1.54) is 0 Å².